The predicted molar refractivity (Wildman–Crippen MR) is 89.9 cm³/mol. The molecule has 0 spiro atoms. The van der Waals surface area contributed by atoms with Crippen LogP contribution in [0.3, 0.4) is 0 Å². The van der Waals surface area contributed by atoms with Gasteiger partial charge in [0, 0.05) is 11.3 Å². The molecular weight excluding hydrogens is 302 g/mol. The molecule has 0 aliphatic carbocycles. The van der Waals surface area contributed by atoms with Crippen molar-refractivity contribution in [2.24, 2.45) is 11.7 Å². The van der Waals surface area contributed by atoms with Crippen LogP contribution >= 0.6 is 12.4 Å². The van der Waals surface area contributed by atoms with Crippen LogP contribution in [-0.2, 0) is 4.79 Å². The van der Waals surface area contributed by atoms with Crippen molar-refractivity contribution in [3.05, 3.63) is 30.1 Å². The smallest absolute Gasteiger partial charge is 0.241 e. The second kappa shape index (κ2) is 7.91. The lowest BCUT2D eigenvalue weighted by Crippen LogP contribution is -2.36. The number of carbonyl (C=O) groups is 1. The Bertz CT molecular complexity index is 609. The summed E-state index contributed by atoms with van der Waals surface area (Å²) in [6.45, 7) is 5.93. The number of nitrogens with zero attached hydrogens (tertiary/aromatic N) is 2. The molecule has 0 aliphatic heterocycles. The van der Waals surface area contributed by atoms with Gasteiger partial charge in [-0.05, 0) is 43.5 Å². The van der Waals surface area contributed by atoms with Crippen LogP contribution in [0, 0.1) is 12.8 Å². The van der Waals surface area contributed by atoms with Crippen molar-refractivity contribution in [1.29, 1.82) is 0 Å². The van der Waals surface area contributed by atoms with Crippen LogP contribution in [0.1, 0.15) is 26.1 Å². The minimum absolute atomic E-state index is 0. The number of amides is 1. The fraction of sp³-hybridized carbons (Fsp3) is 0.400. The van der Waals surface area contributed by atoms with E-state index in [4.69, 9.17) is 5.73 Å². The van der Waals surface area contributed by atoms with E-state index in [9.17, 15) is 4.79 Å². The maximum absolute atomic E-state index is 11.9. The number of hydrogen-bond donors (Lipinski definition) is 3. The summed E-state index contributed by atoms with van der Waals surface area (Å²) in [7, 11) is 0. The summed E-state index contributed by atoms with van der Waals surface area (Å²) in [6.07, 6.45) is 0.667. The van der Waals surface area contributed by atoms with Crippen molar-refractivity contribution < 1.29 is 4.79 Å². The second-order valence-electron chi connectivity index (χ2n) is 5.55. The minimum atomic E-state index is -0.486. The van der Waals surface area contributed by atoms with Gasteiger partial charge in [-0.3, -0.25) is 9.89 Å². The Morgan fingerprint density at radius 1 is 1.32 bits per heavy atom. The van der Waals surface area contributed by atoms with Gasteiger partial charge in [-0.1, -0.05) is 13.8 Å². The summed E-state index contributed by atoms with van der Waals surface area (Å²) < 4.78 is 0. The van der Waals surface area contributed by atoms with Crippen molar-refractivity contribution >= 4 is 24.0 Å². The van der Waals surface area contributed by atoms with E-state index in [1.165, 1.54) is 0 Å². The summed E-state index contributed by atoms with van der Waals surface area (Å²) in [5, 5.41) is 9.71. The third-order valence-electron chi connectivity index (χ3n) is 3.07. The number of aromatic nitrogens is 3. The quantitative estimate of drug-likeness (QED) is 0.787. The predicted octanol–water partition coefficient (Wildman–Crippen LogP) is 2.51. The van der Waals surface area contributed by atoms with Crippen LogP contribution in [-0.4, -0.2) is 27.1 Å². The Morgan fingerprint density at radius 2 is 1.95 bits per heavy atom. The Hall–Kier alpha value is -1.92. The molecule has 0 unspecified atom stereocenters. The van der Waals surface area contributed by atoms with E-state index in [-0.39, 0.29) is 18.3 Å². The lowest BCUT2D eigenvalue weighted by Gasteiger charge is -2.14. The van der Waals surface area contributed by atoms with E-state index in [0.29, 0.717) is 18.2 Å². The van der Waals surface area contributed by atoms with Gasteiger partial charge in [-0.15, -0.1) is 12.4 Å². The number of rotatable bonds is 5. The van der Waals surface area contributed by atoms with Gasteiger partial charge in [-0.25, -0.2) is 4.98 Å². The molecular formula is C15H22ClN5O. The molecule has 7 heteroatoms. The van der Waals surface area contributed by atoms with Crippen molar-refractivity contribution in [3.8, 4) is 11.4 Å². The number of carbonyl (C=O) groups excluding carboxylic acids is 1. The lowest BCUT2D eigenvalue weighted by atomic mass is 10.0. The molecule has 0 bridgehead atoms. The van der Waals surface area contributed by atoms with Crippen LogP contribution in [0.25, 0.3) is 11.4 Å². The van der Waals surface area contributed by atoms with Crippen LogP contribution in [0.2, 0.25) is 0 Å². The SMILES string of the molecule is Cc1nc(-c2ccc(NC(=O)[C@@H](N)CC(C)C)cc2)n[nH]1.Cl. The minimum Gasteiger partial charge on any atom is -0.325 e. The molecule has 0 aliphatic rings. The first-order valence-electron chi connectivity index (χ1n) is 7.01. The molecule has 1 heterocycles. The van der Waals surface area contributed by atoms with Gasteiger partial charge in [0.1, 0.15) is 5.82 Å². The maximum Gasteiger partial charge on any atom is 0.241 e. The fourth-order valence-electron chi connectivity index (χ4n) is 2.02. The van der Waals surface area contributed by atoms with Gasteiger partial charge in [0.05, 0.1) is 6.04 Å². The first kappa shape index (κ1) is 18.1. The zero-order chi connectivity index (χ0) is 15.4. The first-order valence-corrected chi connectivity index (χ1v) is 7.01. The number of aromatic amines is 1. The average molecular weight is 324 g/mol. The van der Waals surface area contributed by atoms with E-state index in [1.54, 1.807) is 0 Å². The molecule has 0 saturated heterocycles. The molecule has 6 nitrogen and oxygen atoms in total. The van der Waals surface area contributed by atoms with Crippen LogP contribution in [0.5, 0.6) is 0 Å². The number of hydrogen-bond acceptors (Lipinski definition) is 4. The van der Waals surface area contributed by atoms with Crippen molar-refractivity contribution in [2.75, 3.05) is 5.32 Å². The molecule has 0 saturated carbocycles. The topological polar surface area (TPSA) is 96.7 Å². The zero-order valence-electron chi connectivity index (χ0n) is 13.0. The third-order valence-corrected chi connectivity index (χ3v) is 3.07. The summed E-state index contributed by atoms with van der Waals surface area (Å²) in [5.41, 5.74) is 7.46. The summed E-state index contributed by atoms with van der Waals surface area (Å²) in [6, 6.07) is 6.89. The number of nitrogens with two attached hydrogens (primary N) is 1. The number of benzene rings is 1. The number of anilines is 1. The molecule has 0 fully saturated rings. The van der Waals surface area contributed by atoms with Crippen LogP contribution in [0.4, 0.5) is 5.69 Å². The zero-order valence-corrected chi connectivity index (χ0v) is 13.8. The number of nitrogens with one attached hydrogen (secondary N) is 2. The Labute approximate surface area is 136 Å². The second-order valence-corrected chi connectivity index (χ2v) is 5.55. The number of aryl methyl sites for hydroxylation is 1. The highest BCUT2D eigenvalue weighted by Crippen LogP contribution is 2.18. The van der Waals surface area contributed by atoms with Crippen molar-refractivity contribution in [2.45, 2.75) is 33.2 Å². The molecule has 1 aromatic heterocycles. The lowest BCUT2D eigenvalue weighted by molar-refractivity contribution is -0.117. The van der Waals surface area contributed by atoms with E-state index in [1.807, 2.05) is 45.0 Å². The monoisotopic (exact) mass is 323 g/mol. The molecule has 1 aromatic carbocycles. The van der Waals surface area contributed by atoms with Crippen LogP contribution < -0.4 is 11.1 Å². The van der Waals surface area contributed by atoms with E-state index in [0.717, 1.165) is 17.1 Å². The van der Waals surface area contributed by atoms with Crippen molar-refractivity contribution in [3.63, 3.8) is 0 Å². The highest BCUT2D eigenvalue weighted by Gasteiger charge is 2.15. The number of H-pyrrole nitrogens is 1. The fourth-order valence-corrected chi connectivity index (χ4v) is 2.02. The summed E-state index contributed by atoms with van der Waals surface area (Å²) in [4.78, 5) is 16.2. The summed E-state index contributed by atoms with van der Waals surface area (Å²) >= 11 is 0. The molecule has 1 atom stereocenters. The van der Waals surface area contributed by atoms with Gasteiger partial charge >= 0.3 is 0 Å². The Balaban J connectivity index is 0.00000242. The highest BCUT2D eigenvalue weighted by atomic mass is 35.5. The highest BCUT2D eigenvalue weighted by molar-refractivity contribution is 5.94. The Morgan fingerprint density at radius 3 is 2.45 bits per heavy atom. The Kier molecular flexibility index (Phi) is 6.52. The number of halogens is 1. The van der Waals surface area contributed by atoms with Gasteiger partial charge in [-0.2, -0.15) is 5.10 Å². The third kappa shape index (κ3) is 4.82. The molecule has 1 amide bonds. The molecule has 0 radical (unpaired) electrons. The standard InChI is InChI=1S/C15H21N5O.ClH/c1-9(2)8-13(16)15(21)18-12-6-4-11(5-7-12)14-17-10(3)19-20-14;/h4-7,9,13H,8,16H2,1-3H3,(H,18,21)(H,17,19,20);1H/t13-;/m0./s1. The van der Waals surface area contributed by atoms with Crippen molar-refractivity contribution in [1.82, 2.24) is 15.2 Å². The van der Waals surface area contributed by atoms with Gasteiger partial charge < -0.3 is 11.1 Å². The van der Waals surface area contributed by atoms with E-state index >= 15 is 0 Å². The maximum atomic E-state index is 11.9. The molecule has 4 N–H and O–H groups in total. The van der Waals surface area contributed by atoms with Gasteiger partial charge in [0.2, 0.25) is 5.91 Å². The first-order chi connectivity index (χ1) is 9.95. The summed E-state index contributed by atoms with van der Waals surface area (Å²) in [5.74, 6) is 1.64. The van der Waals surface area contributed by atoms with E-state index < -0.39 is 6.04 Å². The van der Waals surface area contributed by atoms with Gasteiger partial charge in [0.25, 0.3) is 0 Å². The molecule has 120 valence electrons. The molecule has 2 aromatic rings. The average Bonchev–Trinajstić information content (AvgIpc) is 2.85. The van der Waals surface area contributed by atoms with E-state index in [2.05, 4.69) is 20.5 Å². The molecule has 2 rings (SSSR count). The largest absolute Gasteiger partial charge is 0.325 e. The molecule has 22 heavy (non-hydrogen) atoms. The van der Waals surface area contributed by atoms with Gasteiger partial charge in [0.15, 0.2) is 5.82 Å². The van der Waals surface area contributed by atoms with Crippen LogP contribution in [0.15, 0.2) is 24.3 Å². The normalized spacial score (nSPS) is 11.9.